The highest BCUT2D eigenvalue weighted by molar-refractivity contribution is 9.10. The van der Waals surface area contributed by atoms with Gasteiger partial charge in [0, 0.05) is 61.8 Å². The SMILES string of the molecule is CC1(C)OB(c2ccc(Cl)cc2N)OC1(C)C.CCOC(=O)CCn1c(-c2ccc(Cl)cc2N)c(C2CCCCC2)c2ccc(C(=O)OC)cc21.CCOC(=O)CCn1c(Br)c(C2CCCCC2)c2ccc(C(=O)OC)cc21. The molecule has 2 aliphatic carbocycles. The number of carbonyl (C=O) groups excluding carboxylic acids is 4. The first-order valence-electron chi connectivity index (χ1n) is 27.2. The summed E-state index contributed by atoms with van der Waals surface area (Å²) in [6, 6.07) is 22.3. The lowest BCUT2D eigenvalue weighted by molar-refractivity contribution is -0.144. The lowest BCUT2D eigenvalue weighted by atomic mass is 9.78. The minimum Gasteiger partial charge on any atom is -0.466 e. The standard InChI is InChI=1S/C27H31ClN2O4.C21H26BrNO4.C12H17BClNO2/c1-3-34-24(31)13-14-30-23-15-18(27(32)33-2)9-11-21(23)25(17-7-5-4-6-8-17)26(30)20-12-10-19(28)16-22(20)29;1-3-27-18(24)11-12-23-17-13-15(21(25)26-2)9-10-16(17)19(20(23)22)14-7-5-4-6-8-14;1-11(2)12(3,4)17-13(16-11)9-6-5-8(14)7-10(9)15/h9-12,15-17H,3-8,13-14,29H2,1-2H3;9-10,13-14H,3-8,11-12H2,1-2H3;5-7H,15H2,1-4H3. The third kappa shape index (κ3) is 13.7. The van der Waals surface area contributed by atoms with Gasteiger partial charge in [0.2, 0.25) is 0 Å². The largest absolute Gasteiger partial charge is 0.496 e. The van der Waals surface area contributed by atoms with Gasteiger partial charge in [0.15, 0.2) is 0 Å². The number of hydrogen-bond acceptors (Lipinski definition) is 12. The van der Waals surface area contributed by atoms with Crippen LogP contribution in [0.5, 0.6) is 0 Å². The predicted octanol–water partition coefficient (Wildman–Crippen LogP) is 13.7. The van der Waals surface area contributed by atoms with Crippen molar-refractivity contribution in [2.45, 2.75) is 155 Å². The molecule has 4 N–H and O–H groups in total. The van der Waals surface area contributed by atoms with Crippen molar-refractivity contribution >= 4 is 109 Å². The molecule has 2 aromatic heterocycles. The zero-order chi connectivity index (χ0) is 56.5. The molecule has 4 aromatic carbocycles. The highest BCUT2D eigenvalue weighted by Gasteiger charge is 2.52. The van der Waals surface area contributed by atoms with E-state index in [-0.39, 0.29) is 35.5 Å². The Kier molecular flexibility index (Phi) is 20.5. The molecule has 6 aromatic rings. The van der Waals surface area contributed by atoms with Gasteiger partial charge >= 0.3 is 31.0 Å². The number of fused-ring (bicyclic) bond motifs is 2. The first-order valence-corrected chi connectivity index (χ1v) is 28.7. The number of benzene rings is 4. The summed E-state index contributed by atoms with van der Waals surface area (Å²) in [5, 5.41) is 3.41. The number of nitrogens with zero attached hydrogens (tertiary/aromatic N) is 2. The number of halogens is 3. The molecule has 3 aliphatic rings. The average molecular weight is 1170 g/mol. The highest BCUT2D eigenvalue weighted by atomic mass is 79.9. The molecule has 14 nitrogen and oxygen atoms in total. The van der Waals surface area contributed by atoms with Gasteiger partial charge < -0.3 is 48.9 Å². The Hall–Kier alpha value is -5.52. The van der Waals surface area contributed by atoms with Crippen molar-refractivity contribution in [2.24, 2.45) is 0 Å². The molecule has 3 fully saturated rings. The molecule has 2 saturated carbocycles. The Balaban J connectivity index is 0.000000179. The maximum absolute atomic E-state index is 12.3. The Morgan fingerprint density at radius 2 is 1.08 bits per heavy atom. The topological polar surface area (TPSA) is 186 Å². The molecule has 1 saturated heterocycles. The summed E-state index contributed by atoms with van der Waals surface area (Å²) >= 11 is 15.9. The number of nitrogen functional groups attached to an aromatic ring is 2. The number of carbonyl (C=O) groups is 4. The van der Waals surface area contributed by atoms with Crippen LogP contribution in [-0.4, -0.2) is 78.8 Å². The Morgan fingerprint density at radius 1 is 0.628 bits per heavy atom. The van der Waals surface area contributed by atoms with Gasteiger partial charge in [-0.15, -0.1) is 0 Å². The lowest BCUT2D eigenvalue weighted by Crippen LogP contribution is -2.41. The van der Waals surface area contributed by atoms with Crippen molar-refractivity contribution in [1.82, 2.24) is 9.13 Å². The number of anilines is 2. The van der Waals surface area contributed by atoms with Crippen LogP contribution in [0.2, 0.25) is 10.0 Å². The van der Waals surface area contributed by atoms with E-state index in [1.54, 1.807) is 25.1 Å². The molecule has 9 rings (SSSR count). The maximum Gasteiger partial charge on any atom is 0.496 e. The molecule has 0 radical (unpaired) electrons. The quantitative estimate of drug-likeness (QED) is 0.0456. The van der Waals surface area contributed by atoms with Gasteiger partial charge in [-0.2, -0.15) is 0 Å². The number of nitrogens with two attached hydrogens (primary N) is 2. The van der Waals surface area contributed by atoms with Crippen LogP contribution in [0.1, 0.15) is 162 Å². The molecule has 18 heteroatoms. The second-order valence-electron chi connectivity index (χ2n) is 21.1. The molecule has 418 valence electrons. The van der Waals surface area contributed by atoms with Crippen molar-refractivity contribution < 1.29 is 47.4 Å². The minimum absolute atomic E-state index is 0.213. The van der Waals surface area contributed by atoms with Crippen LogP contribution < -0.4 is 16.9 Å². The monoisotopic (exact) mass is 1170 g/mol. The fourth-order valence-corrected chi connectivity index (χ4v) is 12.2. The van der Waals surface area contributed by atoms with Gasteiger partial charge in [-0.25, -0.2) is 9.59 Å². The van der Waals surface area contributed by atoms with Gasteiger partial charge in [0.1, 0.15) is 0 Å². The molecular weight excluding hydrogens is 1100 g/mol. The zero-order valence-corrected chi connectivity index (χ0v) is 49.3. The first kappa shape index (κ1) is 60.1. The number of aromatic nitrogens is 2. The number of hydrogen-bond donors (Lipinski definition) is 2. The van der Waals surface area contributed by atoms with E-state index in [1.807, 2.05) is 89.2 Å². The van der Waals surface area contributed by atoms with Gasteiger partial charge in [-0.05, 0) is 161 Å². The van der Waals surface area contributed by atoms with Crippen molar-refractivity contribution in [2.75, 3.05) is 38.9 Å². The van der Waals surface area contributed by atoms with Crippen molar-refractivity contribution in [3.63, 3.8) is 0 Å². The minimum atomic E-state index is -0.433. The van der Waals surface area contributed by atoms with Crippen LogP contribution in [0.15, 0.2) is 77.4 Å². The van der Waals surface area contributed by atoms with E-state index >= 15 is 0 Å². The Labute approximate surface area is 477 Å². The second kappa shape index (κ2) is 26.6. The Morgan fingerprint density at radius 3 is 1.55 bits per heavy atom. The summed E-state index contributed by atoms with van der Waals surface area (Å²) in [7, 11) is 2.33. The number of aryl methyl sites for hydroxylation is 2. The van der Waals surface area contributed by atoms with E-state index in [0.29, 0.717) is 77.1 Å². The molecule has 0 atom stereocenters. The van der Waals surface area contributed by atoms with E-state index in [4.69, 9.17) is 62.9 Å². The molecule has 0 bridgehead atoms. The zero-order valence-electron chi connectivity index (χ0n) is 46.2. The smallest absolute Gasteiger partial charge is 0.466 e. The maximum atomic E-state index is 12.3. The number of esters is 4. The summed E-state index contributed by atoms with van der Waals surface area (Å²) in [6.07, 6.45) is 12.4. The second-order valence-corrected chi connectivity index (χ2v) is 22.7. The molecule has 0 unspecified atom stereocenters. The summed E-state index contributed by atoms with van der Waals surface area (Å²) in [5.74, 6) is -0.355. The van der Waals surface area contributed by atoms with Gasteiger partial charge in [-0.3, -0.25) is 9.59 Å². The van der Waals surface area contributed by atoms with E-state index in [2.05, 4.69) is 25.1 Å². The molecular formula is C60H74BBrCl2N4O10. The summed E-state index contributed by atoms with van der Waals surface area (Å²) in [5.41, 5.74) is 20.9. The van der Waals surface area contributed by atoms with Crippen LogP contribution >= 0.6 is 39.1 Å². The van der Waals surface area contributed by atoms with Gasteiger partial charge in [0.25, 0.3) is 0 Å². The van der Waals surface area contributed by atoms with Crippen LogP contribution in [0.4, 0.5) is 11.4 Å². The van der Waals surface area contributed by atoms with Crippen LogP contribution in [-0.2, 0) is 50.9 Å². The normalized spacial score (nSPS) is 16.2. The van der Waals surface area contributed by atoms with Crippen molar-refractivity contribution in [3.05, 3.63) is 110 Å². The summed E-state index contributed by atoms with van der Waals surface area (Å²) in [4.78, 5) is 48.5. The van der Waals surface area contributed by atoms with Crippen molar-refractivity contribution in [3.8, 4) is 11.3 Å². The van der Waals surface area contributed by atoms with E-state index in [9.17, 15) is 19.2 Å². The van der Waals surface area contributed by atoms with Gasteiger partial charge in [0.05, 0.1) is 78.4 Å². The number of methoxy groups -OCH3 is 2. The number of rotatable bonds is 14. The van der Waals surface area contributed by atoms with Crippen molar-refractivity contribution in [1.29, 1.82) is 0 Å². The highest BCUT2D eigenvalue weighted by Crippen LogP contribution is 2.47. The molecule has 78 heavy (non-hydrogen) atoms. The number of ether oxygens (including phenoxy) is 4. The van der Waals surface area contributed by atoms with Crippen LogP contribution in [0, 0.1) is 0 Å². The van der Waals surface area contributed by atoms with E-state index in [1.165, 1.54) is 76.7 Å². The third-order valence-corrected chi connectivity index (χ3v) is 16.9. The molecule has 1 aliphatic heterocycles. The van der Waals surface area contributed by atoms with E-state index < -0.39 is 13.1 Å². The van der Waals surface area contributed by atoms with Crippen LogP contribution in [0.3, 0.4) is 0 Å². The first-order chi connectivity index (χ1) is 37.2. The average Bonchev–Trinajstić information content (AvgIpc) is 4.23. The summed E-state index contributed by atoms with van der Waals surface area (Å²) < 4.78 is 37.2. The summed E-state index contributed by atoms with van der Waals surface area (Å²) in [6.45, 7) is 13.3. The third-order valence-electron chi connectivity index (χ3n) is 15.5. The predicted molar refractivity (Wildman–Crippen MR) is 315 cm³/mol. The fourth-order valence-electron chi connectivity index (χ4n) is 10.9. The molecule has 0 spiro atoms. The fraction of sp³-hybridized carbons (Fsp3) is 0.467. The van der Waals surface area contributed by atoms with E-state index in [0.717, 1.165) is 56.0 Å². The van der Waals surface area contributed by atoms with Crippen LogP contribution in [0.25, 0.3) is 33.1 Å². The molecule has 0 amide bonds. The molecule has 3 heterocycles. The lowest BCUT2D eigenvalue weighted by Gasteiger charge is -2.32. The van der Waals surface area contributed by atoms with Gasteiger partial charge in [-0.1, -0.05) is 79.9 Å². The Bertz CT molecular complexity index is 3110.